The fraction of sp³-hybridized carbons (Fsp3) is 0.114. The van der Waals surface area contributed by atoms with Crippen molar-refractivity contribution < 1.29 is 13.2 Å². The summed E-state index contributed by atoms with van der Waals surface area (Å²) in [5, 5.41) is 19.3. The number of aromatic amines is 2. The normalized spacial score (nSPS) is 11.7. The number of aromatic nitrogens is 8. The van der Waals surface area contributed by atoms with Gasteiger partial charge in [0.2, 0.25) is 0 Å². The Kier molecular flexibility index (Phi) is 10.6. The lowest BCUT2D eigenvalue weighted by Crippen LogP contribution is -2.10. The van der Waals surface area contributed by atoms with E-state index in [4.69, 9.17) is 5.26 Å². The van der Waals surface area contributed by atoms with Crippen molar-refractivity contribution >= 4 is 22.1 Å². The van der Waals surface area contributed by atoms with Crippen molar-refractivity contribution in [3.8, 4) is 34.0 Å². The molecule has 9 rings (SSSR count). The SMILES string of the molecule is CC(c1cccc(C(F)(F)F)c1)n1cc(-c2ccnc3[nH]ccc23)cn1.Cc1cc(C)cc(-n2cc(-c3ccnc4[nH]ccc34)cn2)c1.N#Cc1ccccc1. The van der Waals surface area contributed by atoms with Gasteiger partial charge in [0, 0.05) is 59.1 Å². The first-order valence-electron chi connectivity index (χ1n) is 17.7. The Hall–Kier alpha value is -7.26. The van der Waals surface area contributed by atoms with Crippen LogP contribution in [0.5, 0.6) is 0 Å². The number of aryl methyl sites for hydroxylation is 2. The summed E-state index contributed by atoms with van der Waals surface area (Å²) >= 11 is 0. The zero-order valence-corrected chi connectivity index (χ0v) is 30.7. The molecule has 9 aromatic rings. The molecule has 3 aromatic carbocycles. The molecule has 0 radical (unpaired) electrons. The van der Waals surface area contributed by atoms with Gasteiger partial charge in [-0.1, -0.05) is 36.4 Å². The molecule has 1 atom stereocenters. The van der Waals surface area contributed by atoms with E-state index in [1.54, 1.807) is 35.3 Å². The quantitative estimate of drug-likeness (QED) is 0.182. The third-order valence-corrected chi connectivity index (χ3v) is 9.19. The number of halogens is 3. The summed E-state index contributed by atoms with van der Waals surface area (Å²) in [4.78, 5) is 14.8. The van der Waals surface area contributed by atoms with Crippen molar-refractivity contribution in [1.82, 2.24) is 39.5 Å². The van der Waals surface area contributed by atoms with E-state index >= 15 is 0 Å². The topological polar surface area (TPSA) is 117 Å². The average Bonchev–Trinajstić information content (AvgIpc) is 4.05. The molecule has 0 amide bonds. The van der Waals surface area contributed by atoms with Crippen LogP contribution in [-0.2, 0) is 6.18 Å². The number of hydrogen-bond donors (Lipinski definition) is 2. The molecule has 0 aliphatic rings. The van der Waals surface area contributed by atoms with Crippen LogP contribution < -0.4 is 0 Å². The van der Waals surface area contributed by atoms with Gasteiger partial charge >= 0.3 is 6.18 Å². The second-order valence-corrected chi connectivity index (χ2v) is 13.2. The first kappa shape index (κ1) is 37.1. The number of nitrogens with one attached hydrogen (secondary N) is 2. The number of H-pyrrole nitrogens is 2. The molecule has 56 heavy (non-hydrogen) atoms. The highest BCUT2D eigenvalue weighted by Crippen LogP contribution is 2.33. The first-order chi connectivity index (χ1) is 27.1. The van der Waals surface area contributed by atoms with Gasteiger partial charge in [0.25, 0.3) is 0 Å². The van der Waals surface area contributed by atoms with Crippen LogP contribution >= 0.6 is 0 Å². The van der Waals surface area contributed by atoms with Crippen LogP contribution in [0.15, 0.2) is 147 Å². The molecule has 12 heteroatoms. The van der Waals surface area contributed by atoms with Crippen LogP contribution in [0.2, 0.25) is 0 Å². The number of benzene rings is 3. The van der Waals surface area contributed by atoms with Crippen molar-refractivity contribution in [2.75, 3.05) is 0 Å². The van der Waals surface area contributed by atoms with Crippen molar-refractivity contribution in [2.24, 2.45) is 0 Å². The lowest BCUT2D eigenvalue weighted by Gasteiger charge is -2.15. The van der Waals surface area contributed by atoms with Crippen LogP contribution in [0.4, 0.5) is 13.2 Å². The predicted molar refractivity (Wildman–Crippen MR) is 212 cm³/mol. The number of alkyl halides is 3. The fourth-order valence-electron chi connectivity index (χ4n) is 6.44. The van der Waals surface area contributed by atoms with Crippen molar-refractivity contribution in [2.45, 2.75) is 33.0 Å². The van der Waals surface area contributed by atoms with E-state index in [9.17, 15) is 13.2 Å². The fourth-order valence-corrected chi connectivity index (χ4v) is 6.44. The second-order valence-electron chi connectivity index (χ2n) is 13.2. The summed E-state index contributed by atoms with van der Waals surface area (Å²) in [7, 11) is 0. The molecule has 0 bridgehead atoms. The van der Waals surface area contributed by atoms with E-state index in [0.717, 1.165) is 56.1 Å². The Bertz CT molecular complexity index is 2750. The lowest BCUT2D eigenvalue weighted by molar-refractivity contribution is -0.137. The number of rotatable bonds is 5. The van der Waals surface area contributed by atoms with Crippen molar-refractivity contribution in [3.63, 3.8) is 0 Å². The van der Waals surface area contributed by atoms with Crippen LogP contribution in [0.25, 0.3) is 50.0 Å². The summed E-state index contributed by atoms with van der Waals surface area (Å²) < 4.78 is 42.4. The number of pyridine rings is 2. The van der Waals surface area contributed by atoms with E-state index in [1.807, 2.05) is 91.1 Å². The van der Waals surface area contributed by atoms with E-state index < -0.39 is 11.7 Å². The highest BCUT2D eigenvalue weighted by Gasteiger charge is 2.31. The summed E-state index contributed by atoms with van der Waals surface area (Å²) in [6.07, 6.45) is 10.4. The Morgan fingerprint density at radius 2 is 1.30 bits per heavy atom. The Morgan fingerprint density at radius 3 is 1.89 bits per heavy atom. The molecular formula is C44H36F3N9. The highest BCUT2D eigenvalue weighted by molar-refractivity contribution is 5.93. The minimum absolute atomic E-state index is 0.324. The van der Waals surface area contributed by atoms with Crippen molar-refractivity contribution in [1.29, 1.82) is 5.26 Å². The molecule has 2 N–H and O–H groups in total. The molecule has 9 nitrogen and oxygen atoms in total. The average molecular weight is 748 g/mol. The third kappa shape index (κ3) is 8.27. The molecule has 1 unspecified atom stereocenters. The maximum Gasteiger partial charge on any atom is 0.416 e. The van der Waals surface area contributed by atoms with E-state index in [1.165, 1.54) is 23.3 Å². The van der Waals surface area contributed by atoms with Gasteiger partial charge in [-0.2, -0.15) is 28.6 Å². The maximum absolute atomic E-state index is 12.9. The predicted octanol–water partition coefficient (Wildman–Crippen LogP) is 10.6. The van der Waals surface area contributed by atoms with Gasteiger partial charge in [0.05, 0.1) is 41.3 Å². The summed E-state index contributed by atoms with van der Waals surface area (Å²) in [5.74, 6) is 0. The van der Waals surface area contributed by atoms with Gasteiger partial charge in [0.15, 0.2) is 0 Å². The zero-order valence-electron chi connectivity index (χ0n) is 30.7. The number of nitriles is 1. The van der Waals surface area contributed by atoms with E-state index in [-0.39, 0.29) is 6.04 Å². The zero-order chi connectivity index (χ0) is 39.2. The van der Waals surface area contributed by atoms with Crippen LogP contribution in [-0.4, -0.2) is 39.5 Å². The Labute approximate surface area is 320 Å². The molecule has 6 heterocycles. The molecule has 0 spiro atoms. The molecule has 278 valence electrons. The molecule has 0 aliphatic heterocycles. The Morgan fingerprint density at radius 1 is 0.696 bits per heavy atom. The monoisotopic (exact) mass is 747 g/mol. The molecule has 6 aromatic heterocycles. The number of nitrogens with zero attached hydrogens (tertiary/aromatic N) is 7. The van der Waals surface area contributed by atoms with Crippen LogP contribution in [0, 0.1) is 25.2 Å². The third-order valence-electron chi connectivity index (χ3n) is 9.19. The second kappa shape index (κ2) is 16.0. The number of fused-ring (bicyclic) bond motifs is 2. The molecule has 0 saturated heterocycles. The molecule has 0 saturated carbocycles. The van der Waals surface area contributed by atoms with Gasteiger partial charge in [-0.15, -0.1) is 0 Å². The van der Waals surface area contributed by atoms with Crippen LogP contribution in [0.3, 0.4) is 0 Å². The largest absolute Gasteiger partial charge is 0.416 e. The summed E-state index contributed by atoms with van der Waals surface area (Å²) in [6.45, 7) is 6.03. The summed E-state index contributed by atoms with van der Waals surface area (Å²) in [5.41, 5.74) is 9.94. The van der Waals surface area contributed by atoms with Gasteiger partial charge < -0.3 is 9.97 Å². The van der Waals surface area contributed by atoms with Crippen LogP contribution in [0.1, 0.15) is 40.8 Å². The van der Waals surface area contributed by atoms with Gasteiger partial charge in [-0.25, -0.2) is 14.6 Å². The Balaban J connectivity index is 0.000000145. The van der Waals surface area contributed by atoms with E-state index in [0.29, 0.717) is 11.1 Å². The van der Waals surface area contributed by atoms with E-state index in [2.05, 4.69) is 68.4 Å². The maximum atomic E-state index is 12.9. The highest BCUT2D eigenvalue weighted by atomic mass is 19.4. The molecule has 0 aliphatic carbocycles. The standard InChI is InChI=1S/C19H15F3N4.C18H16N4.C7H5N/c1-12(13-3-2-4-15(9-13)19(20,21)22)26-11-14(10-25-26)16-5-7-23-18-17(16)6-8-24-18;1-12-7-13(2)9-15(8-12)22-11-14(10-21-22)16-3-5-19-18-17(16)4-6-20-18;8-6-7-4-2-1-3-5-7/h2-12H,1H3,(H,23,24);3-11H,1-2H3,(H,19,20);1-5H. The van der Waals surface area contributed by atoms with Gasteiger partial charge in [-0.3, -0.25) is 4.68 Å². The lowest BCUT2D eigenvalue weighted by atomic mass is 10.0. The van der Waals surface area contributed by atoms with Gasteiger partial charge in [0.1, 0.15) is 11.3 Å². The van der Waals surface area contributed by atoms with Gasteiger partial charge in [-0.05, 0) is 109 Å². The first-order valence-corrected chi connectivity index (χ1v) is 17.7. The minimum Gasteiger partial charge on any atom is -0.346 e. The molecular weight excluding hydrogens is 712 g/mol. The minimum atomic E-state index is -4.36. The smallest absolute Gasteiger partial charge is 0.346 e. The summed E-state index contributed by atoms with van der Waals surface area (Å²) in [6, 6.07) is 30.5. The molecule has 0 fully saturated rings. The van der Waals surface area contributed by atoms with Crippen molar-refractivity contribution in [3.05, 3.63) is 174 Å². The number of hydrogen-bond acceptors (Lipinski definition) is 5.